The summed E-state index contributed by atoms with van der Waals surface area (Å²) in [5.74, 6) is 0.481. The van der Waals surface area contributed by atoms with Crippen molar-refractivity contribution in [2.24, 2.45) is 0 Å². The number of aryl methyl sites for hydroxylation is 4. The Morgan fingerprint density at radius 3 is 0.933 bits per heavy atom. The highest BCUT2D eigenvalue weighted by atomic mass is 16.4. The minimum absolute atomic E-state index is 0.481. The standard InChI is InChI=1S/C11H17BO2.C10H15BO2.C9H13BO2.C8H11BO2.C7H9BO2/c1-2-3-4-5-10-6-8-11(9-7-10)12(13)14;1-2-3-4-9-5-7-10(8-6-9)11(12)13;1-7(2)8-3-5-9(6-4-8)10(11)12;1-2-7-3-5-8(6-4-7)9(10)11;1-6-2-4-7(5-3-6)8(9)10/h6-9,13-14H,2-5H2,1H3;5-8,12-13H,2-4H2,1H3;3-7,11-12H,1-2H3;3-6,10-11H,2H2,1H3;2-5,9-10H,1H3. The van der Waals surface area contributed by atoms with Gasteiger partial charge in [0, 0.05) is 0 Å². The average Bonchev–Trinajstić information content (AvgIpc) is 3.24. The van der Waals surface area contributed by atoms with Crippen LogP contribution in [0.15, 0.2) is 121 Å². The number of hydrogen-bond acceptors (Lipinski definition) is 10. The van der Waals surface area contributed by atoms with Crippen LogP contribution in [0.5, 0.6) is 0 Å². The molecule has 5 aromatic rings. The van der Waals surface area contributed by atoms with Crippen LogP contribution in [0.2, 0.25) is 0 Å². The molecule has 0 aliphatic carbocycles. The topological polar surface area (TPSA) is 202 Å². The Labute approximate surface area is 360 Å². The van der Waals surface area contributed by atoms with E-state index in [1.54, 1.807) is 60.7 Å². The predicted octanol–water partition coefficient (Wildman–Crippen LogP) is 1.90. The third-order valence-corrected chi connectivity index (χ3v) is 9.41. The molecule has 0 aromatic heterocycles. The van der Waals surface area contributed by atoms with Crippen molar-refractivity contribution in [1.82, 2.24) is 0 Å². The monoisotopic (exact) mass is 821 g/mol. The average molecular weight is 820 g/mol. The molecule has 0 unspecified atom stereocenters. The fraction of sp³-hybridized carbons (Fsp3) is 0.333. The van der Waals surface area contributed by atoms with Crippen LogP contribution in [0.1, 0.15) is 100 Å². The Kier molecular flexibility index (Phi) is 27.9. The molecule has 0 saturated carbocycles. The number of benzene rings is 5. The van der Waals surface area contributed by atoms with E-state index in [1.165, 1.54) is 54.4 Å². The molecule has 0 heterocycles. The summed E-state index contributed by atoms with van der Waals surface area (Å²) in [5, 5.41) is 87.9. The van der Waals surface area contributed by atoms with Gasteiger partial charge in [0.2, 0.25) is 0 Å². The first-order valence-corrected chi connectivity index (χ1v) is 20.8. The molecule has 0 amide bonds. The van der Waals surface area contributed by atoms with Crippen molar-refractivity contribution in [3.8, 4) is 0 Å². The Bertz CT molecular complexity index is 1760. The highest BCUT2D eigenvalue weighted by Crippen LogP contribution is 2.11. The molecule has 15 heteroatoms. The van der Waals surface area contributed by atoms with E-state index in [-0.39, 0.29) is 0 Å². The van der Waals surface area contributed by atoms with Crippen molar-refractivity contribution in [2.45, 2.75) is 98.8 Å². The van der Waals surface area contributed by atoms with Crippen LogP contribution in [0.25, 0.3) is 0 Å². The maximum atomic E-state index is 8.88. The van der Waals surface area contributed by atoms with Crippen molar-refractivity contribution in [3.05, 3.63) is 149 Å². The SMILES string of the molecule is CC(C)c1ccc(B(O)O)cc1.CCCCCc1ccc(B(O)O)cc1.CCCCc1ccc(B(O)O)cc1.CCc1ccc(B(O)O)cc1.Cc1ccc(B(O)O)cc1. The summed E-state index contributed by atoms with van der Waals surface area (Å²) in [6.07, 6.45) is 9.18. The lowest BCUT2D eigenvalue weighted by atomic mass is 9.79. The van der Waals surface area contributed by atoms with Crippen LogP contribution >= 0.6 is 0 Å². The zero-order chi connectivity index (χ0) is 45.0. The number of unbranched alkanes of at least 4 members (excludes halogenated alkanes) is 3. The van der Waals surface area contributed by atoms with E-state index in [0.717, 1.165) is 24.8 Å². The molecule has 0 saturated heterocycles. The minimum Gasteiger partial charge on any atom is -0.423 e. The zero-order valence-corrected chi connectivity index (χ0v) is 36.1. The predicted molar refractivity (Wildman–Crippen MR) is 251 cm³/mol. The molecular formula is C45H65B5O10. The Balaban J connectivity index is 0.000000377. The molecule has 5 rings (SSSR count). The van der Waals surface area contributed by atoms with Gasteiger partial charge in [-0.2, -0.15) is 0 Å². The van der Waals surface area contributed by atoms with Gasteiger partial charge >= 0.3 is 35.6 Å². The second kappa shape index (κ2) is 31.0. The quantitative estimate of drug-likeness (QED) is 0.0583. The first-order valence-electron chi connectivity index (χ1n) is 20.8. The van der Waals surface area contributed by atoms with Gasteiger partial charge in [-0.15, -0.1) is 0 Å². The highest BCUT2D eigenvalue weighted by molar-refractivity contribution is 6.60. The summed E-state index contributed by atoms with van der Waals surface area (Å²) in [7, 11) is -6.74. The minimum atomic E-state index is -1.36. The van der Waals surface area contributed by atoms with Crippen molar-refractivity contribution < 1.29 is 50.2 Å². The Morgan fingerprint density at radius 2 is 0.650 bits per heavy atom. The molecule has 0 aliphatic heterocycles. The summed E-state index contributed by atoms with van der Waals surface area (Å²) < 4.78 is 0. The van der Waals surface area contributed by atoms with Crippen molar-refractivity contribution >= 4 is 62.9 Å². The summed E-state index contributed by atoms with van der Waals surface area (Å²) in [5.41, 5.74) is 8.78. The van der Waals surface area contributed by atoms with E-state index in [9.17, 15) is 0 Å². The molecule has 320 valence electrons. The summed E-state index contributed by atoms with van der Waals surface area (Å²) >= 11 is 0. The Morgan fingerprint density at radius 1 is 0.367 bits per heavy atom. The maximum absolute atomic E-state index is 8.88. The fourth-order valence-electron chi connectivity index (χ4n) is 5.39. The van der Waals surface area contributed by atoms with Crippen LogP contribution in [0.4, 0.5) is 0 Å². The molecular weight excluding hydrogens is 755 g/mol. The third-order valence-electron chi connectivity index (χ3n) is 9.41. The van der Waals surface area contributed by atoms with Gasteiger partial charge in [-0.3, -0.25) is 0 Å². The first kappa shape index (κ1) is 54.0. The van der Waals surface area contributed by atoms with Gasteiger partial charge in [-0.25, -0.2) is 0 Å². The molecule has 5 aromatic carbocycles. The van der Waals surface area contributed by atoms with Gasteiger partial charge in [-0.05, 0) is 94.5 Å². The molecule has 0 atom stereocenters. The molecule has 0 fully saturated rings. The molecule has 0 spiro atoms. The second-order valence-electron chi connectivity index (χ2n) is 14.7. The van der Waals surface area contributed by atoms with E-state index < -0.39 is 35.6 Å². The highest BCUT2D eigenvalue weighted by Gasteiger charge is 2.12. The van der Waals surface area contributed by atoms with Gasteiger partial charge in [-0.1, -0.05) is 181 Å². The molecule has 60 heavy (non-hydrogen) atoms. The molecule has 0 aliphatic rings. The lowest BCUT2D eigenvalue weighted by Crippen LogP contribution is -2.29. The first-order chi connectivity index (χ1) is 28.5. The van der Waals surface area contributed by atoms with Crippen molar-refractivity contribution in [1.29, 1.82) is 0 Å². The van der Waals surface area contributed by atoms with Gasteiger partial charge in [0.1, 0.15) is 0 Å². The van der Waals surface area contributed by atoms with E-state index >= 15 is 0 Å². The van der Waals surface area contributed by atoms with Crippen LogP contribution < -0.4 is 27.3 Å². The summed E-state index contributed by atoms with van der Waals surface area (Å²) in [6.45, 7) is 12.6. The normalized spacial score (nSPS) is 10.0. The summed E-state index contributed by atoms with van der Waals surface area (Å²) in [4.78, 5) is 0. The van der Waals surface area contributed by atoms with Gasteiger partial charge < -0.3 is 50.2 Å². The summed E-state index contributed by atoms with van der Waals surface area (Å²) in [6, 6.07) is 36.5. The molecule has 0 bridgehead atoms. The van der Waals surface area contributed by atoms with Crippen molar-refractivity contribution in [3.63, 3.8) is 0 Å². The van der Waals surface area contributed by atoms with Gasteiger partial charge in [0.25, 0.3) is 0 Å². The number of rotatable bonds is 14. The second-order valence-corrected chi connectivity index (χ2v) is 14.7. The third kappa shape index (κ3) is 23.1. The zero-order valence-electron chi connectivity index (χ0n) is 36.1. The van der Waals surface area contributed by atoms with Gasteiger partial charge in [0.05, 0.1) is 0 Å². The smallest absolute Gasteiger partial charge is 0.423 e. The lowest BCUT2D eigenvalue weighted by Gasteiger charge is -2.05. The van der Waals surface area contributed by atoms with E-state index in [1.807, 2.05) is 67.6 Å². The van der Waals surface area contributed by atoms with Crippen LogP contribution in [-0.4, -0.2) is 85.8 Å². The number of hydrogen-bond donors (Lipinski definition) is 10. The van der Waals surface area contributed by atoms with Crippen molar-refractivity contribution in [2.75, 3.05) is 0 Å². The van der Waals surface area contributed by atoms with Crippen LogP contribution in [0, 0.1) is 6.92 Å². The maximum Gasteiger partial charge on any atom is 0.488 e. The van der Waals surface area contributed by atoms with E-state index in [4.69, 9.17) is 50.2 Å². The van der Waals surface area contributed by atoms with E-state index in [0.29, 0.717) is 33.2 Å². The lowest BCUT2D eigenvalue weighted by molar-refractivity contribution is 0.424. The molecule has 10 N–H and O–H groups in total. The molecule has 10 nitrogen and oxygen atoms in total. The largest absolute Gasteiger partial charge is 0.488 e. The van der Waals surface area contributed by atoms with Crippen LogP contribution in [-0.2, 0) is 19.3 Å². The van der Waals surface area contributed by atoms with Crippen LogP contribution in [0.3, 0.4) is 0 Å². The molecule has 0 radical (unpaired) electrons. The van der Waals surface area contributed by atoms with E-state index in [2.05, 4.69) is 34.6 Å². The Hall–Kier alpha value is -3.98. The van der Waals surface area contributed by atoms with Gasteiger partial charge in [0.15, 0.2) is 0 Å². The fourth-order valence-corrected chi connectivity index (χ4v) is 5.39.